The SMILES string of the molecule is CC(C)C1OC2OC(C(C)C)C(C(C)C)OC2OC1C(C)C.CC(C)CC(CSSCC(CC(C)C)C(C)C)C(C)C. The van der Waals surface area contributed by atoms with Gasteiger partial charge in [0, 0.05) is 11.5 Å². The second-order valence-corrected chi connectivity index (χ2v) is 18.5. The molecule has 0 amide bonds. The molecule has 0 aromatic heterocycles. The Bertz CT molecular complexity index is 604. The first-order valence-electron chi connectivity index (χ1n) is 17.3. The molecule has 0 spiro atoms. The third-order valence-corrected chi connectivity index (χ3v) is 11.4. The van der Waals surface area contributed by atoms with Gasteiger partial charge in [0.05, 0.1) is 24.4 Å². The Labute approximate surface area is 271 Å². The number of hydrogen-bond acceptors (Lipinski definition) is 6. The molecule has 6 heteroatoms. The van der Waals surface area contributed by atoms with Gasteiger partial charge in [-0.15, -0.1) is 0 Å². The van der Waals surface area contributed by atoms with Crippen LogP contribution < -0.4 is 0 Å². The maximum Gasteiger partial charge on any atom is 0.210 e. The smallest absolute Gasteiger partial charge is 0.210 e. The summed E-state index contributed by atoms with van der Waals surface area (Å²) in [5.74, 6) is 9.27. The lowest BCUT2D eigenvalue weighted by Gasteiger charge is -2.51. The van der Waals surface area contributed by atoms with Gasteiger partial charge in [0.15, 0.2) is 0 Å². The lowest BCUT2D eigenvalue weighted by molar-refractivity contribution is -0.428. The van der Waals surface area contributed by atoms with Gasteiger partial charge in [-0.05, 0) is 72.0 Å². The van der Waals surface area contributed by atoms with Crippen molar-refractivity contribution in [1.82, 2.24) is 0 Å². The third kappa shape index (κ3) is 13.9. The molecule has 0 radical (unpaired) electrons. The Balaban J connectivity index is 0.000000423. The fourth-order valence-electron chi connectivity index (χ4n) is 5.94. The number of hydrogen-bond donors (Lipinski definition) is 0. The van der Waals surface area contributed by atoms with E-state index in [0.29, 0.717) is 23.7 Å². The summed E-state index contributed by atoms with van der Waals surface area (Å²) in [6.45, 7) is 36.3. The molecule has 6 atom stereocenters. The molecule has 0 saturated carbocycles. The van der Waals surface area contributed by atoms with Crippen LogP contribution in [-0.4, -0.2) is 48.5 Å². The van der Waals surface area contributed by atoms with E-state index in [0.717, 1.165) is 35.5 Å². The van der Waals surface area contributed by atoms with E-state index in [1.165, 1.54) is 24.3 Å². The van der Waals surface area contributed by atoms with Gasteiger partial charge >= 0.3 is 0 Å². The van der Waals surface area contributed by atoms with Crippen LogP contribution in [0.1, 0.15) is 124 Å². The molecular weight excluding hydrogens is 561 g/mol. The minimum Gasteiger partial charge on any atom is -0.342 e. The number of ether oxygens (including phenoxy) is 4. The van der Waals surface area contributed by atoms with E-state index in [-0.39, 0.29) is 24.4 Å². The molecule has 0 aromatic carbocycles. The summed E-state index contributed by atoms with van der Waals surface area (Å²) in [7, 11) is 4.24. The highest BCUT2D eigenvalue weighted by Crippen LogP contribution is 2.38. The minimum absolute atomic E-state index is 0.0493. The molecule has 2 fully saturated rings. The van der Waals surface area contributed by atoms with Crippen molar-refractivity contribution < 1.29 is 18.9 Å². The number of rotatable bonds is 15. The summed E-state index contributed by atoms with van der Waals surface area (Å²) in [6.07, 6.45) is 2.13. The van der Waals surface area contributed by atoms with Crippen molar-refractivity contribution in [1.29, 1.82) is 0 Å². The second-order valence-electron chi connectivity index (χ2n) is 16.0. The van der Waals surface area contributed by atoms with E-state index < -0.39 is 12.6 Å². The van der Waals surface area contributed by atoms with Crippen LogP contribution in [0, 0.1) is 59.2 Å². The van der Waals surface area contributed by atoms with Crippen molar-refractivity contribution >= 4 is 21.6 Å². The minimum atomic E-state index is -0.412. The largest absolute Gasteiger partial charge is 0.342 e. The van der Waals surface area contributed by atoms with E-state index in [1.54, 1.807) is 0 Å². The van der Waals surface area contributed by atoms with Gasteiger partial charge in [0.25, 0.3) is 0 Å². The maximum atomic E-state index is 6.26. The Hall–Kier alpha value is 0.540. The van der Waals surface area contributed by atoms with E-state index in [1.807, 2.05) is 0 Å². The van der Waals surface area contributed by atoms with Gasteiger partial charge in [-0.25, -0.2) is 0 Å². The van der Waals surface area contributed by atoms with E-state index in [2.05, 4.69) is 132 Å². The fourth-order valence-corrected chi connectivity index (χ4v) is 9.15. The molecule has 0 bridgehead atoms. The molecule has 0 N–H and O–H groups in total. The average molecular weight is 633 g/mol. The van der Waals surface area contributed by atoms with Crippen LogP contribution >= 0.6 is 21.6 Å². The first-order valence-corrected chi connectivity index (χ1v) is 19.8. The molecule has 2 aliphatic rings. The second kappa shape index (κ2) is 19.9. The molecule has 2 rings (SSSR count). The fraction of sp³-hybridized carbons (Fsp3) is 1.00. The molecule has 2 saturated heterocycles. The maximum absolute atomic E-state index is 6.26. The monoisotopic (exact) mass is 632 g/mol. The van der Waals surface area contributed by atoms with Crippen LogP contribution in [0.25, 0.3) is 0 Å². The molecular formula is C36H72O4S2. The third-order valence-electron chi connectivity index (χ3n) is 8.74. The molecule has 4 nitrogen and oxygen atoms in total. The Morgan fingerprint density at radius 1 is 0.405 bits per heavy atom. The molecule has 2 aliphatic heterocycles. The van der Waals surface area contributed by atoms with Gasteiger partial charge in [0.2, 0.25) is 12.6 Å². The summed E-state index contributed by atoms with van der Waals surface area (Å²) in [4.78, 5) is 0. The quantitative estimate of drug-likeness (QED) is 0.132. The summed E-state index contributed by atoms with van der Waals surface area (Å²) in [6, 6.07) is 0. The Morgan fingerprint density at radius 2 is 0.643 bits per heavy atom. The van der Waals surface area contributed by atoms with Gasteiger partial charge in [-0.3, -0.25) is 0 Å². The zero-order valence-electron chi connectivity index (χ0n) is 30.5. The van der Waals surface area contributed by atoms with E-state index in [9.17, 15) is 0 Å². The van der Waals surface area contributed by atoms with Crippen molar-refractivity contribution in [3.63, 3.8) is 0 Å². The van der Waals surface area contributed by atoms with E-state index >= 15 is 0 Å². The molecule has 0 aliphatic carbocycles. The normalized spacial score (nSPS) is 28.3. The van der Waals surface area contributed by atoms with Gasteiger partial charge < -0.3 is 18.9 Å². The summed E-state index contributed by atoms with van der Waals surface area (Å²) >= 11 is 0. The predicted molar refractivity (Wildman–Crippen MR) is 187 cm³/mol. The summed E-state index contributed by atoms with van der Waals surface area (Å²) in [5.41, 5.74) is 0. The van der Waals surface area contributed by atoms with E-state index in [4.69, 9.17) is 18.9 Å². The van der Waals surface area contributed by atoms with Gasteiger partial charge in [-0.1, -0.05) is 132 Å². The highest BCUT2D eigenvalue weighted by molar-refractivity contribution is 8.76. The van der Waals surface area contributed by atoms with Crippen molar-refractivity contribution in [2.75, 3.05) is 11.5 Å². The van der Waals surface area contributed by atoms with Crippen molar-refractivity contribution in [3.05, 3.63) is 0 Å². The van der Waals surface area contributed by atoms with Crippen molar-refractivity contribution in [3.8, 4) is 0 Å². The van der Waals surface area contributed by atoms with Crippen LogP contribution in [-0.2, 0) is 18.9 Å². The first-order chi connectivity index (χ1) is 19.5. The highest BCUT2D eigenvalue weighted by Gasteiger charge is 2.49. The summed E-state index contributed by atoms with van der Waals surface area (Å²) < 4.78 is 25.0. The highest BCUT2D eigenvalue weighted by atomic mass is 33.1. The lowest BCUT2D eigenvalue weighted by Crippen LogP contribution is -2.62. The number of fused-ring (bicyclic) bond motifs is 1. The zero-order chi connectivity index (χ0) is 32.3. The molecule has 0 aromatic rings. The van der Waals surface area contributed by atoms with Crippen LogP contribution in [0.2, 0.25) is 0 Å². The standard InChI is InChI=1S/C18H34O4.C18H38S2/c1-9(2)13-14(10(3)4)20-18-17(19-13)21-15(11(5)6)16(22-18)12(7)8;1-13(2)9-17(15(5)6)11-19-20-12-18(16(7)8)10-14(3)4/h9-18H,1-8H3;13-18H,9-12H2,1-8H3. The van der Waals surface area contributed by atoms with Gasteiger partial charge in [0.1, 0.15) is 0 Å². The lowest BCUT2D eigenvalue weighted by atomic mass is 9.89. The molecule has 6 unspecified atom stereocenters. The Morgan fingerprint density at radius 3 is 0.810 bits per heavy atom. The van der Waals surface area contributed by atoms with Crippen LogP contribution in [0.5, 0.6) is 0 Å². The average Bonchev–Trinajstić information content (AvgIpc) is 2.87. The molecule has 42 heavy (non-hydrogen) atoms. The summed E-state index contributed by atoms with van der Waals surface area (Å²) in [5, 5.41) is 0. The molecule has 252 valence electrons. The zero-order valence-corrected chi connectivity index (χ0v) is 32.1. The Kier molecular flexibility index (Phi) is 19.2. The molecule has 2 heterocycles. The van der Waals surface area contributed by atoms with Crippen LogP contribution in [0.3, 0.4) is 0 Å². The van der Waals surface area contributed by atoms with Crippen molar-refractivity contribution in [2.45, 2.75) is 161 Å². The van der Waals surface area contributed by atoms with Crippen molar-refractivity contribution in [2.24, 2.45) is 59.2 Å². The topological polar surface area (TPSA) is 36.9 Å². The van der Waals surface area contributed by atoms with Gasteiger partial charge in [-0.2, -0.15) is 0 Å². The van der Waals surface area contributed by atoms with Crippen LogP contribution in [0.15, 0.2) is 0 Å². The first kappa shape index (κ1) is 40.6. The van der Waals surface area contributed by atoms with Crippen LogP contribution in [0.4, 0.5) is 0 Å². The predicted octanol–water partition coefficient (Wildman–Crippen LogP) is 10.8.